The van der Waals surface area contributed by atoms with Crippen molar-refractivity contribution in [2.45, 2.75) is 7.43 Å². The lowest BCUT2D eigenvalue weighted by molar-refractivity contribution is -0.121. The molecule has 0 unspecified atom stereocenters. The average molecular weight is 358 g/mol. The molecule has 0 aliphatic carbocycles. The number of rotatable bonds is 2. The van der Waals surface area contributed by atoms with Gasteiger partial charge in [0, 0.05) is 11.5 Å². The molecule has 1 aliphatic heterocycles. The molecular formula is C13H12BrNO4S. The molecule has 0 saturated carbocycles. The zero-order chi connectivity index (χ0) is 14.2. The molecule has 0 aromatic heterocycles. The van der Waals surface area contributed by atoms with E-state index in [-0.39, 0.29) is 34.8 Å². The van der Waals surface area contributed by atoms with Crippen molar-refractivity contribution >= 4 is 51.2 Å². The van der Waals surface area contributed by atoms with Crippen LogP contribution in [0.1, 0.15) is 23.3 Å². The minimum absolute atomic E-state index is 0. The molecule has 1 aromatic carbocycles. The molecule has 1 saturated heterocycles. The average Bonchev–Trinajstić information content (AvgIpc) is 2.60. The van der Waals surface area contributed by atoms with Crippen LogP contribution in [-0.4, -0.2) is 34.5 Å². The molecule has 1 aromatic rings. The summed E-state index contributed by atoms with van der Waals surface area (Å²) in [6, 6.07) is 2.81. The first-order valence-electron chi connectivity index (χ1n) is 5.13. The number of hydrogen-bond donors (Lipinski definition) is 1. The van der Waals surface area contributed by atoms with E-state index >= 15 is 0 Å². The van der Waals surface area contributed by atoms with Crippen molar-refractivity contribution in [3.05, 3.63) is 32.6 Å². The minimum Gasteiger partial charge on any atom is -0.507 e. The second-order valence-corrected chi connectivity index (χ2v) is 5.64. The summed E-state index contributed by atoms with van der Waals surface area (Å²) in [5, 5.41) is 9.15. The quantitative estimate of drug-likeness (QED) is 0.649. The number of benzene rings is 1. The Bertz CT molecular complexity index is 627. The number of carbonyl (C=O) groups excluding carboxylic acids is 3. The highest BCUT2D eigenvalue weighted by atomic mass is 79.9. The van der Waals surface area contributed by atoms with Crippen LogP contribution in [0.4, 0.5) is 4.79 Å². The number of thioether (sulfide) groups is 1. The fourth-order valence-corrected chi connectivity index (χ4v) is 2.75. The Morgan fingerprint density at radius 2 is 1.95 bits per heavy atom. The van der Waals surface area contributed by atoms with E-state index in [1.807, 2.05) is 0 Å². The number of phenolic OH excluding ortho intramolecular Hbond substituents is 1. The van der Waals surface area contributed by atoms with E-state index in [1.54, 1.807) is 0 Å². The van der Waals surface area contributed by atoms with Gasteiger partial charge in [-0.1, -0.05) is 23.4 Å². The van der Waals surface area contributed by atoms with E-state index in [0.29, 0.717) is 16.3 Å². The van der Waals surface area contributed by atoms with Crippen molar-refractivity contribution in [1.82, 2.24) is 4.90 Å². The number of likely N-dealkylation sites (N-methyl/N-ethyl adjacent to an activating group) is 1. The first kappa shape index (κ1) is 16.5. The van der Waals surface area contributed by atoms with E-state index in [0.717, 1.165) is 16.7 Å². The van der Waals surface area contributed by atoms with Gasteiger partial charge < -0.3 is 5.11 Å². The summed E-state index contributed by atoms with van der Waals surface area (Å²) in [6.45, 7) is 0. The monoisotopic (exact) mass is 357 g/mol. The van der Waals surface area contributed by atoms with Crippen LogP contribution >= 0.6 is 27.7 Å². The predicted octanol–water partition coefficient (Wildman–Crippen LogP) is 3.27. The molecule has 106 valence electrons. The first-order valence-corrected chi connectivity index (χ1v) is 6.74. The lowest BCUT2D eigenvalue weighted by Crippen LogP contribution is -2.22. The zero-order valence-corrected chi connectivity index (χ0v) is 12.1. The van der Waals surface area contributed by atoms with Gasteiger partial charge in [-0.2, -0.15) is 0 Å². The first-order chi connectivity index (χ1) is 8.93. The van der Waals surface area contributed by atoms with Crippen LogP contribution < -0.4 is 0 Å². The topological polar surface area (TPSA) is 74.7 Å². The fourth-order valence-electron chi connectivity index (χ4n) is 1.49. The molecule has 1 fully saturated rings. The van der Waals surface area contributed by atoms with E-state index in [2.05, 4.69) is 15.9 Å². The van der Waals surface area contributed by atoms with Gasteiger partial charge in [0.1, 0.15) is 5.75 Å². The Balaban J connectivity index is 0.00000200. The van der Waals surface area contributed by atoms with Gasteiger partial charge in [0.25, 0.3) is 11.1 Å². The van der Waals surface area contributed by atoms with Crippen molar-refractivity contribution in [3.8, 4) is 5.75 Å². The van der Waals surface area contributed by atoms with Crippen LogP contribution in [-0.2, 0) is 4.79 Å². The van der Waals surface area contributed by atoms with Crippen molar-refractivity contribution in [2.75, 3.05) is 7.05 Å². The van der Waals surface area contributed by atoms with E-state index in [4.69, 9.17) is 0 Å². The number of carbonyl (C=O) groups is 3. The van der Waals surface area contributed by atoms with Crippen molar-refractivity contribution in [3.63, 3.8) is 0 Å². The Kier molecular flexibility index (Phi) is 5.13. The van der Waals surface area contributed by atoms with Gasteiger partial charge in [-0.3, -0.25) is 19.3 Å². The Labute approximate surface area is 128 Å². The molecule has 2 amide bonds. The normalized spacial score (nSPS) is 16.5. The Morgan fingerprint density at radius 1 is 1.30 bits per heavy atom. The van der Waals surface area contributed by atoms with Gasteiger partial charge >= 0.3 is 0 Å². The maximum Gasteiger partial charge on any atom is 0.293 e. The lowest BCUT2D eigenvalue weighted by atomic mass is 10.1. The summed E-state index contributed by atoms with van der Waals surface area (Å²) in [5.74, 6) is -0.537. The molecule has 1 aliphatic rings. The highest BCUT2D eigenvalue weighted by molar-refractivity contribution is 9.10. The van der Waals surface area contributed by atoms with E-state index in [9.17, 15) is 19.5 Å². The number of aromatic hydroxyl groups is 1. The summed E-state index contributed by atoms with van der Waals surface area (Å²) in [7, 11) is 1.40. The zero-order valence-electron chi connectivity index (χ0n) is 9.71. The molecular weight excluding hydrogens is 346 g/mol. The third-order valence-corrected chi connectivity index (χ3v) is 4.19. The number of amides is 2. The molecule has 1 N–H and O–H groups in total. The number of imide groups is 1. The molecule has 0 spiro atoms. The molecule has 20 heavy (non-hydrogen) atoms. The number of aldehydes is 1. The smallest absolute Gasteiger partial charge is 0.293 e. The van der Waals surface area contributed by atoms with Crippen LogP contribution in [0.5, 0.6) is 5.75 Å². The maximum absolute atomic E-state index is 11.7. The summed E-state index contributed by atoms with van der Waals surface area (Å²) in [4.78, 5) is 35.2. The number of nitrogens with zero attached hydrogens (tertiary/aromatic N) is 1. The largest absolute Gasteiger partial charge is 0.507 e. The standard InChI is InChI=1S/C12H8BrNO4S.CH4/c1-14-11(17)10(19-12(14)18)3-6-2-7(5-15)9(16)4-8(6)13;/h2-5,16H,1H3;1H4/b10-3-;. The van der Waals surface area contributed by atoms with Gasteiger partial charge in [0.2, 0.25) is 0 Å². The predicted molar refractivity (Wildman–Crippen MR) is 81.7 cm³/mol. The maximum atomic E-state index is 11.7. The third kappa shape index (κ3) is 2.94. The summed E-state index contributed by atoms with van der Waals surface area (Å²) >= 11 is 4.06. The molecule has 2 rings (SSSR count). The number of hydrogen-bond acceptors (Lipinski definition) is 5. The summed E-state index contributed by atoms with van der Waals surface area (Å²) < 4.78 is 0.526. The van der Waals surface area contributed by atoms with Crippen LogP contribution in [0.25, 0.3) is 6.08 Å². The second kappa shape index (κ2) is 6.23. The fraction of sp³-hybridized carbons (Fsp3) is 0.154. The number of halogens is 1. The van der Waals surface area contributed by atoms with Crippen molar-refractivity contribution < 1.29 is 19.5 Å². The van der Waals surface area contributed by atoms with Gasteiger partial charge in [0.15, 0.2) is 6.29 Å². The van der Waals surface area contributed by atoms with Crippen LogP contribution in [0.2, 0.25) is 0 Å². The summed E-state index contributed by atoms with van der Waals surface area (Å²) in [6.07, 6.45) is 2.02. The second-order valence-electron chi connectivity index (χ2n) is 3.79. The van der Waals surface area contributed by atoms with Gasteiger partial charge in [-0.05, 0) is 35.5 Å². The highest BCUT2D eigenvalue weighted by Gasteiger charge is 2.31. The number of phenols is 1. The van der Waals surface area contributed by atoms with Gasteiger partial charge in [-0.15, -0.1) is 0 Å². The molecule has 0 bridgehead atoms. The minimum atomic E-state index is -0.386. The Hall–Kier alpha value is -1.60. The SMILES string of the molecule is C.CN1C(=O)S/C(=C\c2cc(C=O)c(O)cc2Br)C1=O. The van der Waals surface area contributed by atoms with Crippen molar-refractivity contribution in [2.24, 2.45) is 0 Å². The van der Waals surface area contributed by atoms with E-state index < -0.39 is 0 Å². The molecule has 7 heteroatoms. The molecule has 0 atom stereocenters. The van der Waals surface area contributed by atoms with Gasteiger partial charge in [-0.25, -0.2) is 0 Å². The third-order valence-electron chi connectivity index (χ3n) is 2.55. The van der Waals surface area contributed by atoms with Gasteiger partial charge in [0.05, 0.1) is 10.5 Å². The van der Waals surface area contributed by atoms with Crippen LogP contribution in [0.15, 0.2) is 21.5 Å². The van der Waals surface area contributed by atoms with Crippen molar-refractivity contribution in [1.29, 1.82) is 0 Å². The highest BCUT2D eigenvalue weighted by Crippen LogP contribution is 2.34. The molecule has 1 heterocycles. The van der Waals surface area contributed by atoms with E-state index in [1.165, 1.54) is 25.3 Å². The lowest BCUT2D eigenvalue weighted by Gasteiger charge is -2.04. The molecule has 5 nitrogen and oxygen atoms in total. The Morgan fingerprint density at radius 3 is 2.45 bits per heavy atom. The van der Waals surface area contributed by atoms with Crippen LogP contribution in [0, 0.1) is 0 Å². The van der Waals surface area contributed by atoms with Crippen LogP contribution in [0.3, 0.4) is 0 Å². The summed E-state index contributed by atoms with van der Waals surface area (Å²) in [5.41, 5.74) is 0.657. The molecule has 0 radical (unpaired) electrons.